The minimum absolute atomic E-state index is 0.0211. The second-order valence-corrected chi connectivity index (χ2v) is 10.8. The summed E-state index contributed by atoms with van der Waals surface area (Å²) in [5.74, 6) is 0.647. The number of hydrogen-bond donors (Lipinski definition) is 0. The van der Waals surface area contributed by atoms with E-state index in [1.807, 2.05) is 53.4 Å². The number of hydrogen-bond acceptors (Lipinski definition) is 2. The molecule has 0 aromatic heterocycles. The van der Waals surface area contributed by atoms with Gasteiger partial charge in [-0.25, -0.2) is 0 Å². The first-order chi connectivity index (χ1) is 16.7. The molecule has 5 rings (SSSR count). The SMILES string of the molecule is Cc1ccc2c(c1)[C@](C)(c1ccc(Cl)cc1)CC(C)(C)N2C(=O)COc1ccc2ccccc2c1. The third-order valence-corrected chi connectivity index (χ3v) is 7.44. The van der Waals surface area contributed by atoms with Crippen LogP contribution < -0.4 is 9.64 Å². The minimum Gasteiger partial charge on any atom is -0.484 e. The number of ether oxygens (including phenoxy) is 1. The van der Waals surface area contributed by atoms with Crippen molar-refractivity contribution in [1.82, 2.24) is 0 Å². The summed E-state index contributed by atoms with van der Waals surface area (Å²) in [4.78, 5) is 15.6. The van der Waals surface area contributed by atoms with Crippen LogP contribution in [0.15, 0.2) is 84.9 Å². The van der Waals surface area contributed by atoms with Gasteiger partial charge in [0.15, 0.2) is 6.61 Å². The molecule has 35 heavy (non-hydrogen) atoms. The third kappa shape index (κ3) is 4.30. The highest BCUT2D eigenvalue weighted by molar-refractivity contribution is 6.30. The van der Waals surface area contributed by atoms with E-state index in [0.29, 0.717) is 5.75 Å². The Labute approximate surface area is 212 Å². The molecule has 0 saturated carbocycles. The Kier molecular flexibility index (Phi) is 5.85. The molecule has 1 heterocycles. The maximum atomic E-state index is 13.7. The molecule has 1 amide bonds. The van der Waals surface area contributed by atoms with Crippen LogP contribution in [-0.4, -0.2) is 18.1 Å². The van der Waals surface area contributed by atoms with Crippen molar-refractivity contribution in [3.63, 3.8) is 0 Å². The molecule has 4 heteroatoms. The molecular formula is C31H30ClNO2. The van der Waals surface area contributed by atoms with E-state index in [0.717, 1.165) is 33.5 Å². The predicted octanol–water partition coefficient (Wildman–Crippen LogP) is 7.70. The predicted molar refractivity (Wildman–Crippen MR) is 145 cm³/mol. The van der Waals surface area contributed by atoms with Gasteiger partial charge >= 0.3 is 0 Å². The molecule has 0 N–H and O–H groups in total. The monoisotopic (exact) mass is 483 g/mol. The van der Waals surface area contributed by atoms with Crippen LogP contribution in [0.1, 0.15) is 43.9 Å². The first kappa shape index (κ1) is 23.4. The van der Waals surface area contributed by atoms with Gasteiger partial charge in [0.1, 0.15) is 5.75 Å². The zero-order valence-corrected chi connectivity index (χ0v) is 21.4. The Bertz CT molecular complexity index is 1410. The molecule has 1 aliphatic heterocycles. The maximum Gasteiger partial charge on any atom is 0.265 e. The Hall–Kier alpha value is -3.30. The van der Waals surface area contributed by atoms with Crippen molar-refractivity contribution in [3.05, 3.63) is 107 Å². The Morgan fingerprint density at radius 2 is 1.63 bits per heavy atom. The minimum atomic E-state index is -0.416. The molecular weight excluding hydrogens is 454 g/mol. The molecule has 4 aromatic carbocycles. The van der Waals surface area contributed by atoms with Crippen molar-refractivity contribution in [2.45, 2.75) is 45.1 Å². The molecule has 0 aliphatic carbocycles. The van der Waals surface area contributed by atoms with Crippen LogP contribution in [0.4, 0.5) is 5.69 Å². The first-order valence-corrected chi connectivity index (χ1v) is 12.4. The van der Waals surface area contributed by atoms with Gasteiger partial charge in [0.25, 0.3) is 5.91 Å². The number of halogens is 1. The highest BCUT2D eigenvalue weighted by atomic mass is 35.5. The summed E-state index contributed by atoms with van der Waals surface area (Å²) in [7, 11) is 0. The number of aryl methyl sites for hydroxylation is 1. The number of carbonyl (C=O) groups is 1. The fraction of sp³-hybridized carbons (Fsp3) is 0.258. The van der Waals surface area contributed by atoms with Gasteiger partial charge in [0.05, 0.1) is 0 Å². The molecule has 4 aromatic rings. The number of anilines is 1. The van der Waals surface area contributed by atoms with Gasteiger partial charge < -0.3 is 9.64 Å². The molecule has 0 spiro atoms. The van der Waals surface area contributed by atoms with Crippen molar-refractivity contribution in [2.24, 2.45) is 0 Å². The molecule has 0 unspecified atom stereocenters. The lowest BCUT2D eigenvalue weighted by Crippen LogP contribution is -2.57. The van der Waals surface area contributed by atoms with Crippen molar-refractivity contribution in [3.8, 4) is 5.75 Å². The summed E-state index contributed by atoms with van der Waals surface area (Å²) in [6, 6.07) is 28.5. The second kappa shape index (κ2) is 8.73. The molecule has 178 valence electrons. The van der Waals surface area contributed by atoms with Crippen molar-refractivity contribution in [1.29, 1.82) is 0 Å². The molecule has 1 atom stereocenters. The standard InChI is InChI=1S/C31H30ClNO2/c1-21-9-16-28-27(17-21)31(4,24-11-13-25(32)14-12-24)20-30(2,3)33(28)29(34)19-35-26-15-10-22-7-5-6-8-23(22)18-26/h5-18H,19-20H2,1-4H3/t31-/m0/s1. The van der Waals surface area contributed by atoms with Gasteiger partial charge in [-0.15, -0.1) is 0 Å². The van der Waals surface area contributed by atoms with E-state index < -0.39 is 5.54 Å². The van der Waals surface area contributed by atoms with Crippen LogP contribution in [0, 0.1) is 6.92 Å². The van der Waals surface area contributed by atoms with Crippen LogP contribution in [0.3, 0.4) is 0 Å². The maximum absolute atomic E-state index is 13.7. The first-order valence-electron chi connectivity index (χ1n) is 12.0. The topological polar surface area (TPSA) is 29.5 Å². The summed E-state index contributed by atoms with van der Waals surface area (Å²) in [6.45, 7) is 8.61. The van der Waals surface area contributed by atoms with Crippen LogP contribution in [0.25, 0.3) is 10.8 Å². The second-order valence-electron chi connectivity index (χ2n) is 10.4. The molecule has 0 bridgehead atoms. The fourth-order valence-electron chi connectivity index (χ4n) is 5.67. The van der Waals surface area contributed by atoms with E-state index in [2.05, 4.69) is 64.1 Å². The lowest BCUT2D eigenvalue weighted by molar-refractivity contribution is -0.121. The largest absolute Gasteiger partial charge is 0.484 e. The molecule has 0 saturated heterocycles. The summed E-state index contributed by atoms with van der Waals surface area (Å²) < 4.78 is 6.01. The van der Waals surface area contributed by atoms with Crippen LogP contribution in [0.2, 0.25) is 5.02 Å². The molecule has 1 aliphatic rings. The number of rotatable bonds is 4. The lowest BCUT2D eigenvalue weighted by atomic mass is 9.65. The highest BCUT2D eigenvalue weighted by Gasteiger charge is 2.47. The van der Waals surface area contributed by atoms with Crippen LogP contribution in [-0.2, 0) is 10.2 Å². The van der Waals surface area contributed by atoms with Gasteiger partial charge in [-0.2, -0.15) is 0 Å². The number of amides is 1. The van der Waals surface area contributed by atoms with Gasteiger partial charge in [-0.1, -0.05) is 78.7 Å². The average molecular weight is 484 g/mol. The Morgan fingerprint density at radius 3 is 2.37 bits per heavy atom. The normalized spacial score (nSPS) is 18.8. The van der Waals surface area contributed by atoms with Crippen molar-refractivity contribution in [2.75, 3.05) is 11.5 Å². The van der Waals surface area contributed by atoms with Crippen LogP contribution in [0.5, 0.6) is 5.75 Å². The van der Waals surface area contributed by atoms with E-state index in [1.165, 1.54) is 11.1 Å². The zero-order valence-electron chi connectivity index (χ0n) is 20.6. The van der Waals surface area contributed by atoms with E-state index in [4.69, 9.17) is 16.3 Å². The van der Waals surface area contributed by atoms with Crippen LogP contribution >= 0.6 is 11.6 Å². The lowest BCUT2D eigenvalue weighted by Gasteiger charge is -2.51. The zero-order chi connectivity index (χ0) is 24.8. The van der Waals surface area contributed by atoms with E-state index >= 15 is 0 Å². The van der Waals surface area contributed by atoms with Crippen molar-refractivity contribution >= 4 is 34.0 Å². The molecule has 0 radical (unpaired) electrons. The quantitative estimate of drug-likeness (QED) is 0.297. The van der Waals surface area contributed by atoms with Gasteiger partial charge in [-0.3, -0.25) is 4.79 Å². The smallest absolute Gasteiger partial charge is 0.265 e. The van der Waals surface area contributed by atoms with Crippen molar-refractivity contribution < 1.29 is 9.53 Å². The summed E-state index contributed by atoms with van der Waals surface area (Å²) >= 11 is 6.19. The Balaban J connectivity index is 1.49. The summed E-state index contributed by atoms with van der Waals surface area (Å²) in [6.07, 6.45) is 0.778. The number of benzene rings is 4. The third-order valence-electron chi connectivity index (χ3n) is 7.19. The van der Waals surface area contributed by atoms with E-state index in [-0.39, 0.29) is 17.9 Å². The Morgan fingerprint density at radius 1 is 0.914 bits per heavy atom. The van der Waals surface area contributed by atoms with Gasteiger partial charge in [-0.05, 0) is 79.4 Å². The number of fused-ring (bicyclic) bond motifs is 2. The van der Waals surface area contributed by atoms with E-state index in [1.54, 1.807) is 0 Å². The number of carbonyl (C=O) groups excluding carboxylic acids is 1. The summed E-state index contributed by atoms with van der Waals surface area (Å²) in [5, 5.41) is 2.96. The highest BCUT2D eigenvalue weighted by Crippen LogP contribution is 2.50. The molecule has 0 fully saturated rings. The summed E-state index contributed by atoms with van der Waals surface area (Å²) in [5.41, 5.74) is 3.78. The average Bonchev–Trinajstić information content (AvgIpc) is 2.83. The molecule has 3 nitrogen and oxygen atoms in total. The number of nitrogens with zero attached hydrogens (tertiary/aromatic N) is 1. The van der Waals surface area contributed by atoms with Gasteiger partial charge in [0, 0.05) is 21.7 Å². The fourth-order valence-corrected chi connectivity index (χ4v) is 5.79. The van der Waals surface area contributed by atoms with E-state index in [9.17, 15) is 4.79 Å². The van der Waals surface area contributed by atoms with Gasteiger partial charge in [0.2, 0.25) is 0 Å².